The molecule has 4 aliphatic rings. The van der Waals surface area contributed by atoms with Crippen LogP contribution in [0.1, 0.15) is 39.5 Å². The highest BCUT2D eigenvalue weighted by Crippen LogP contribution is 2.65. The number of nitrogens with one attached hydrogen (secondary N) is 3. The summed E-state index contributed by atoms with van der Waals surface area (Å²) in [5, 5.41) is 16.7. The Morgan fingerprint density at radius 3 is 2.44 bits per heavy atom. The van der Waals surface area contributed by atoms with Crippen LogP contribution >= 0.6 is 0 Å². The third-order valence-electron chi connectivity index (χ3n) is 7.82. The molecule has 186 valence electrons. The summed E-state index contributed by atoms with van der Waals surface area (Å²) in [6, 6.07) is -1.25. The van der Waals surface area contributed by atoms with Gasteiger partial charge in [-0.15, -0.1) is 0 Å². The van der Waals surface area contributed by atoms with Gasteiger partial charge in [-0.3, -0.25) is 19.2 Å². The lowest BCUT2D eigenvalue weighted by atomic mass is 9.97. The van der Waals surface area contributed by atoms with Crippen molar-refractivity contribution in [1.82, 2.24) is 20.9 Å². The van der Waals surface area contributed by atoms with E-state index in [1.807, 2.05) is 25.2 Å². The van der Waals surface area contributed by atoms with Crippen LogP contribution < -0.4 is 16.0 Å². The van der Waals surface area contributed by atoms with Gasteiger partial charge in [-0.1, -0.05) is 13.8 Å². The van der Waals surface area contributed by atoms with E-state index in [0.717, 1.165) is 0 Å². The van der Waals surface area contributed by atoms with Crippen molar-refractivity contribution in [1.29, 1.82) is 5.26 Å². The lowest BCUT2D eigenvalue weighted by Crippen LogP contribution is -2.58. The van der Waals surface area contributed by atoms with Crippen molar-refractivity contribution >= 4 is 23.6 Å². The molecule has 0 bridgehead atoms. The third kappa shape index (κ3) is 4.44. The second kappa shape index (κ2) is 8.43. The number of nitrogens with zero attached hydrogens (tertiary/aromatic N) is 2. The first-order valence-electron chi connectivity index (χ1n) is 11.5. The summed E-state index contributed by atoms with van der Waals surface area (Å²) in [7, 11) is 0. The zero-order chi connectivity index (χ0) is 25.0. The fraction of sp³-hybridized carbons (Fsp3) is 0.773. The summed E-state index contributed by atoms with van der Waals surface area (Å²) in [5.41, 5.74) is -0.240. The fourth-order valence-corrected chi connectivity index (χ4v) is 5.58. The Hall–Kier alpha value is -2.84. The topological polar surface area (TPSA) is 131 Å². The monoisotopic (exact) mass is 483 g/mol. The maximum absolute atomic E-state index is 13.3. The lowest BCUT2D eigenvalue weighted by Gasteiger charge is -2.33. The Labute approximate surface area is 194 Å². The average molecular weight is 483 g/mol. The molecule has 2 aliphatic carbocycles. The maximum atomic E-state index is 13.3. The number of rotatable bonds is 7. The summed E-state index contributed by atoms with van der Waals surface area (Å²) in [6.45, 7) is 4.62. The molecule has 9 nitrogen and oxygen atoms in total. The molecule has 0 radical (unpaired) electrons. The second-order valence-electron chi connectivity index (χ2n) is 10.4. The van der Waals surface area contributed by atoms with Crippen molar-refractivity contribution in [3.8, 4) is 6.07 Å². The van der Waals surface area contributed by atoms with Crippen LogP contribution in [0.15, 0.2) is 0 Å². The Bertz CT molecular complexity index is 942. The number of carbonyl (C=O) groups is 4. The molecule has 0 aromatic heterocycles. The van der Waals surface area contributed by atoms with Crippen LogP contribution in [0.25, 0.3) is 0 Å². The maximum Gasteiger partial charge on any atom is 0.471 e. The minimum absolute atomic E-state index is 0.00786. The molecule has 0 spiro atoms. The number of nitriles is 1. The smallest absolute Gasteiger partial charge is 0.356 e. The average Bonchev–Trinajstić information content (AvgIpc) is 3.56. The van der Waals surface area contributed by atoms with Crippen LogP contribution in [-0.4, -0.2) is 65.9 Å². The van der Waals surface area contributed by atoms with Crippen LogP contribution in [0.3, 0.4) is 0 Å². The predicted molar refractivity (Wildman–Crippen MR) is 110 cm³/mol. The number of halogens is 3. The molecule has 3 N–H and O–H groups in total. The number of hydrogen-bond donors (Lipinski definition) is 3. The molecule has 12 heteroatoms. The first-order chi connectivity index (χ1) is 15.9. The Morgan fingerprint density at radius 2 is 1.91 bits per heavy atom. The summed E-state index contributed by atoms with van der Waals surface area (Å²) >= 11 is 0. The highest BCUT2D eigenvalue weighted by molar-refractivity contribution is 5.95. The van der Waals surface area contributed by atoms with Crippen LogP contribution in [0.2, 0.25) is 0 Å². The van der Waals surface area contributed by atoms with E-state index in [1.54, 1.807) is 0 Å². The van der Waals surface area contributed by atoms with E-state index in [0.29, 0.717) is 25.8 Å². The van der Waals surface area contributed by atoms with Crippen molar-refractivity contribution in [2.75, 3.05) is 13.1 Å². The van der Waals surface area contributed by atoms with Gasteiger partial charge in [0.2, 0.25) is 17.7 Å². The fourth-order valence-electron chi connectivity index (χ4n) is 5.58. The van der Waals surface area contributed by atoms with Gasteiger partial charge in [-0.25, -0.2) is 0 Å². The number of likely N-dealkylation sites (tertiary alicyclic amines) is 1. The molecule has 2 saturated heterocycles. The van der Waals surface area contributed by atoms with Crippen LogP contribution in [-0.2, 0) is 19.2 Å². The number of fused-ring (bicyclic) bond motifs is 1. The van der Waals surface area contributed by atoms with E-state index in [9.17, 15) is 37.6 Å². The number of carbonyl (C=O) groups excluding carboxylic acids is 4. The SMILES string of the molecule is CC1(C)C2CN(C(=O)[C@@H](NC(=O)C(F)(F)F)C3CC3)C(C(=O)N[C@H](C#N)C[C@@H]3CCNC3=O)C21. The van der Waals surface area contributed by atoms with Gasteiger partial charge in [-0.2, -0.15) is 18.4 Å². The highest BCUT2D eigenvalue weighted by Gasteiger charge is 2.70. The van der Waals surface area contributed by atoms with E-state index >= 15 is 0 Å². The number of alkyl halides is 3. The summed E-state index contributed by atoms with van der Waals surface area (Å²) < 4.78 is 38.5. The van der Waals surface area contributed by atoms with Crippen molar-refractivity contribution in [3.63, 3.8) is 0 Å². The molecule has 2 aliphatic heterocycles. The quantitative estimate of drug-likeness (QED) is 0.484. The zero-order valence-corrected chi connectivity index (χ0v) is 18.9. The molecule has 2 heterocycles. The van der Waals surface area contributed by atoms with Gasteiger partial charge >= 0.3 is 12.1 Å². The normalized spacial score (nSPS) is 31.1. The molecule has 0 aromatic rings. The van der Waals surface area contributed by atoms with Crippen LogP contribution in [0, 0.1) is 40.4 Å². The first kappa shape index (κ1) is 24.3. The van der Waals surface area contributed by atoms with Crippen molar-refractivity contribution in [3.05, 3.63) is 0 Å². The predicted octanol–water partition coefficient (Wildman–Crippen LogP) is 0.461. The minimum atomic E-state index is -5.12. The Kier molecular flexibility index (Phi) is 6.02. The molecular weight excluding hydrogens is 455 g/mol. The van der Waals surface area contributed by atoms with Gasteiger partial charge in [0.05, 0.1) is 6.07 Å². The van der Waals surface area contributed by atoms with Crippen molar-refractivity contribution < 1.29 is 32.3 Å². The minimum Gasteiger partial charge on any atom is -0.356 e. The summed E-state index contributed by atoms with van der Waals surface area (Å²) in [6.07, 6.45) is -3.40. The number of piperidine rings is 1. The standard InChI is InChI=1S/C22H28F3N5O4/c1-21(2)13-9-30(19(33)15(10-3-4-10)29-20(34)22(23,24)25)16(14(13)21)18(32)28-12(8-26)7-11-5-6-27-17(11)31/h10-16H,3-7,9H2,1-2H3,(H,27,31)(H,28,32)(H,29,34)/t11-,12-,13?,14?,15-,16?/m0/s1. The molecule has 34 heavy (non-hydrogen) atoms. The molecule has 2 saturated carbocycles. The summed E-state index contributed by atoms with van der Waals surface area (Å²) in [4.78, 5) is 51.2. The van der Waals surface area contributed by atoms with Crippen LogP contribution in [0.5, 0.6) is 0 Å². The Morgan fingerprint density at radius 1 is 1.24 bits per heavy atom. The van der Waals surface area contributed by atoms with Gasteiger partial charge in [0.1, 0.15) is 18.1 Å². The van der Waals surface area contributed by atoms with Crippen molar-refractivity contribution in [2.45, 2.75) is 63.8 Å². The molecule has 4 rings (SSSR count). The molecule has 3 unspecified atom stereocenters. The van der Waals surface area contributed by atoms with E-state index in [2.05, 4.69) is 10.6 Å². The molecule has 6 atom stereocenters. The summed E-state index contributed by atoms with van der Waals surface area (Å²) in [5.74, 6) is -4.63. The largest absolute Gasteiger partial charge is 0.471 e. The van der Waals surface area contributed by atoms with E-state index < -0.39 is 53.9 Å². The van der Waals surface area contributed by atoms with E-state index in [1.165, 1.54) is 4.90 Å². The zero-order valence-electron chi connectivity index (χ0n) is 18.9. The number of hydrogen-bond acceptors (Lipinski definition) is 5. The molecule has 4 amide bonds. The van der Waals surface area contributed by atoms with E-state index in [-0.39, 0.29) is 36.1 Å². The van der Waals surface area contributed by atoms with Gasteiger partial charge in [0, 0.05) is 19.0 Å². The molecule has 0 aromatic carbocycles. The lowest BCUT2D eigenvalue weighted by molar-refractivity contribution is -0.175. The number of amides is 4. The first-order valence-corrected chi connectivity index (χ1v) is 11.5. The van der Waals surface area contributed by atoms with Gasteiger partial charge in [0.15, 0.2) is 0 Å². The third-order valence-corrected chi connectivity index (χ3v) is 7.82. The Balaban J connectivity index is 1.49. The van der Waals surface area contributed by atoms with Gasteiger partial charge in [-0.05, 0) is 48.9 Å². The van der Waals surface area contributed by atoms with Crippen molar-refractivity contribution in [2.24, 2.45) is 29.1 Å². The molecular formula is C22H28F3N5O4. The molecule has 4 fully saturated rings. The van der Waals surface area contributed by atoms with Gasteiger partial charge in [0.25, 0.3) is 0 Å². The van der Waals surface area contributed by atoms with Gasteiger partial charge < -0.3 is 20.9 Å². The highest BCUT2D eigenvalue weighted by atomic mass is 19.4. The van der Waals surface area contributed by atoms with E-state index in [4.69, 9.17) is 0 Å². The second-order valence-corrected chi connectivity index (χ2v) is 10.4. The van der Waals surface area contributed by atoms with Crippen LogP contribution in [0.4, 0.5) is 13.2 Å².